The van der Waals surface area contributed by atoms with Gasteiger partial charge in [-0.15, -0.1) is 11.3 Å². The number of methoxy groups -OCH3 is 3. The first kappa shape index (κ1) is 22.7. The second kappa shape index (κ2) is 10.8. The highest BCUT2D eigenvalue weighted by atomic mass is 32.1. The van der Waals surface area contributed by atoms with Crippen LogP contribution in [0.5, 0.6) is 17.2 Å². The van der Waals surface area contributed by atoms with Crippen LogP contribution in [-0.4, -0.2) is 49.1 Å². The molecule has 2 aromatic rings. The van der Waals surface area contributed by atoms with Crippen LogP contribution in [0.4, 0.5) is 5.13 Å². The molecule has 0 fully saturated rings. The zero-order valence-electron chi connectivity index (χ0n) is 16.5. The molecule has 0 radical (unpaired) electrons. The van der Waals surface area contributed by atoms with E-state index in [2.05, 4.69) is 15.6 Å². The Morgan fingerprint density at radius 1 is 1.24 bits per heavy atom. The summed E-state index contributed by atoms with van der Waals surface area (Å²) in [5.74, 6) is 0.890. The molecular weight excluding hydrogens is 418 g/mol. The largest absolute Gasteiger partial charge is 0.493 e. The molecule has 1 heterocycles. The van der Waals surface area contributed by atoms with E-state index in [9.17, 15) is 9.90 Å². The second-order valence-electron chi connectivity index (χ2n) is 5.59. The van der Waals surface area contributed by atoms with Crippen LogP contribution in [0.1, 0.15) is 24.4 Å². The smallest absolute Gasteiger partial charge is 0.311 e. The van der Waals surface area contributed by atoms with Gasteiger partial charge in [0.2, 0.25) is 5.75 Å². The molecule has 1 aromatic carbocycles. The van der Waals surface area contributed by atoms with Crippen LogP contribution in [0.15, 0.2) is 17.5 Å². The standard InChI is InChI=1S/C18H23N3O6S2/c1-5-27-14(22)8-11-9-29-18(19-11)21-17(28)20-16(23)10-6-12(24-2)15(26-4)13(7-10)25-3/h6-7,9,16,23H,5,8H2,1-4H3,(H2,19,20,21,28). The van der Waals surface area contributed by atoms with Crippen molar-refractivity contribution in [1.82, 2.24) is 10.3 Å². The van der Waals surface area contributed by atoms with E-state index in [1.165, 1.54) is 32.7 Å². The van der Waals surface area contributed by atoms with Crippen molar-refractivity contribution in [3.05, 3.63) is 28.8 Å². The normalized spacial score (nSPS) is 11.3. The maximum Gasteiger partial charge on any atom is 0.311 e. The third kappa shape index (κ3) is 6.17. The van der Waals surface area contributed by atoms with Gasteiger partial charge in [-0.3, -0.25) is 4.79 Å². The topological polar surface area (TPSA) is 111 Å². The fourth-order valence-corrected chi connectivity index (χ4v) is 3.39. The number of nitrogens with one attached hydrogen (secondary N) is 2. The van der Waals surface area contributed by atoms with Crippen molar-refractivity contribution >= 4 is 39.8 Å². The first-order chi connectivity index (χ1) is 13.9. The van der Waals surface area contributed by atoms with Crippen LogP contribution in [0.25, 0.3) is 0 Å². The van der Waals surface area contributed by atoms with Gasteiger partial charge in [-0.1, -0.05) is 0 Å². The summed E-state index contributed by atoms with van der Waals surface area (Å²) >= 11 is 6.51. The van der Waals surface area contributed by atoms with E-state index in [-0.39, 0.29) is 17.5 Å². The SMILES string of the molecule is CCOC(=O)Cc1csc(NC(=S)NC(O)c2cc(OC)c(OC)c(OC)c2)n1. The minimum absolute atomic E-state index is 0.0836. The zero-order chi connectivity index (χ0) is 21.4. The molecule has 1 unspecified atom stereocenters. The maximum atomic E-state index is 11.5. The number of aromatic nitrogens is 1. The molecular formula is C18H23N3O6S2. The van der Waals surface area contributed by atoms with E-state index in [0.29, 0.717) is 40.2 Å². The number of carbonyl (C=O) groups is 1. The van der Waals surface area contributed by atoms with Gasteiger partial charge in [0.05, 0.1) is 40.1 Å². The number of ether oxygens (including phenoxy) is 4. The van der Waals surface area contributed by atoms with E-state index in [4.69, 9.17) is 31.2 Å². The number of carbonyl (C=O) groups excluding carboxylic acids is 1. The number of nitrogens with zero attached hydrogens (tertiary/aromatic N) is 1. The molecule has 0 aliphatic rings. The van der Waals surface area contributed by atoms with Crippen LogP contribution in [0.2, 0.25) is 0 Å². The van der Waals surface area contributed by atoms with E-state index in [0.717, 1.165) is 0 Å². The highest BCUT2D eigenvalue weighted by Crippen LogP contribution is 2.39. The molecule has 158 valence electrons. The van der Waals surface area contributed by atoms with Crippen molar-refractivity contribution in [2.24, 2.45) is 0 Å². The quantitative estimate of drug-likeness (QED) is 0.304. The Hall–Kier alpha value is -2.63. The number of esters is 1. The summed E-state index contributed by atoms with van der Waals surface area (Å²) in [5, 5.41) is 18.5. The maximum absolute atomic E-state index is 11.5. The van der Waals surface area contributed by atoms with Gasteiger partial charge in [0.25, 0.3) is 0 Å². The van der Waals surface area contributed by atoms with E-state index < -0.39 is 6.23 Å². The molecule has 29 heavy (non-hydrogen) atoms. The summed E-state index contributed by atoms with van der Waals surface area (Å²) in [5.41, 5.74) is 1.04. The lowest BCUT2D eigenvalue weighted by Gasteiger charge is -2.19. The number of rotatable bonds is 9. The molecule has 3 N–H and O–H groups in total. The van der Waals surface area contributed by atoms with Gasteiger partial charge >= 0.3 is 5.97 Å². The van der Waals surface area contributed by atoms with Crippen LogP contribution in [0, 0.1) is 0 Å². The number of thiocarbonyl (C=S) groups is 1. The fourth-order valence-electron chi connectivity index (χ4n) is 2.41. The van der Waals surface area contributed by atoms with Gasteiger partial charge in [0.15, 0.2) is 28.0 Å². The summed E-state index contributed by atoms with van der Waals surface area (Å²) in [6, 6.07) is 3.23. The van der Waals surface area contributed by atoms with E-state index in [1.54, 1.807) is 24.4 Å². The Morgan fingerprint density at radius 2 is 1.90 bits per heavy atom. The van der Waals surface area contributed by atoms with Crippen molar-refractivity contribution < 1.29 is 28.8 Å². The van der Waals surface area contributed by atoms with Crippen LogP contribution >= 0.6 is 23.6 Å². The Kier molecular flexibility index (Phi) is 8.43. The molecule has 0 amide bonds. The lowest BCUT2D eigenvalue weighted by Crippen LogP contribution is -2.32. The Morgan fingerprint density at radius 3 is 2.45 bits per heavy atom. The Labute approximate surface area is 178 Å². The lowest BCUT2D eigenvalue weighted by atomic mass is 10.1. The molecule has 11 heteroatoms. The van der Waals surface area contributed by atoms with Gasteiger partial charge in [0, 0.05) is 10.9 Å². The Balaban J connectivity index is 2.02. The Bertz CT molecular complexity index is 833. The summed E-state index contributed by atoms with van der Waals surface area (Å²) < 4.78 is 20.7. The third-order valence-corrected chi connectivity index (χ3v) is 4.70. The minimum atomic E-state index is -1.14. The van der Waals surface area contributed by atoms with Gasteiger partial charge in [0.1, 0.15) is 0 Å². The molecule has 9 nitrogen and oxygen atoms in total. The van der Waals surface area contributed by atoms with E-state index in [1.807, 2.05) is 0 Å². The van der Waals surface area contributed by atoms with Gasteiger partial charge in [-0.05, 0) is 31.3 Å². The number of aliphatic hydroxyl groups is 1. The van der Waals surface area contributed by atoms with Crippen molar-refractivity contribution in [2.75, 3.05) is 33.3 Å². The summed E-state index contributed by atoms with van der Waals surface area (Å²) in [6.07, 6.45) is -1.05. The number of benzene rings is 1. The molecule has 0 bridgehead atoms. The minimum Gasteiger partial charge on any atom is -0.493 e. The van der Waals surface area contributed by atoms with Crippen LogP contribution < -0.4 is 24.8 Å². The molecule has 1 aromatic heterocycles. The van der Waals surface area contributed by atoms with Crippen LogP contribution in [-0.2, 0) is 16.0 Å². The average molecular weight is 442 g/mol. The lowest BCUT2D eigenvalue weighted by molar-refractivity contribution is -0.142. The molecule has 0 aliphatic carbocycles. The number of hydrogen-bond acceptors (Lipinski definition) is 9. The summed E-state index contributed by atoms with van der Waals surface area (Å²) in [7, 11) is 4.48. The highest BCUT2D eigenvalue weighted by Gasteiger charge is 2.18. The predicted octanol–water partition coefficient (Wildman–Crippen LogP) is 2.25. The average Bonchev–Trinajstić information content (AvgIpc) is 3.12. The van der Waals surface area contributed by atoms with E-state index >= 15 is 0 Å². The summed E-state index contributed by atoms with van der Waals surface area (Å²) in [4.78, 5) is 15.8. The molecule has 2 rings (SSSR count). The monoisotopic (exact) mass is 441 g/mol. The molecule has 0 saturated heterocycles. The van der Waals surface area contributed by atoms with Crippen molar-refractivity contribution in [3.8, 4) is 17.2 Å². The second-order valence-corrected chi connectivity index (χ2v) is 6.85. The molecule has 0 aliphatic heterocycles. The fraction of sp³-hybridized carbons (Fsp3) is 0.389. The number of thiazole rings is 1. The molecule has 0 spiro atoms. The first-order valence-corrected chi connectivity index (χ1v) is 9.86. The van der Waals surface area contributed by atoms with Crippen molar-refractivity contribution in [3.63, 3.8) is 0 Å². The molecule has 1 atom stereocenters. The highest BCUT2D eigenvalue weighted by molar-refractivity contribution is 7.80. The van der Waals surface area contributed by atoms with Gasteiger partial charge < -0.3 is 34.7 Å². The van der Waals surface area contributed by atoms with Gasteiger partial charge in [-0.2, -0.15) is 0 Å². The summed E-state index contributed by atoms with van der Waals surface area (Å²) in [6.45, 7) is 2.07. The third-order valence-electron chi connectivity index (χ3n) is 3.67. The number of aliphatic hydroxyl groups excluding tert-OH is 1. The predicted molar refractivity (Wildman–Crippen MR) is 113 cm³/mol. The van der Waals surface area contributed by atoms with Crippen molar-refractivity contribution in [1.29, 1.82) is 0 Å². The van der Waals surface area contributed by atoms with Gasteiger partial charge in [-0.25, -0.2) is 4.98 Å². The molecule has 0 saturated carbocycles. The number of anilines is 1. The zero-order valence-corrected chi connectivity index (χ0v) is 18.1. The first-order valence-electron chi connectivity index (χ1n) is 8.57. The number of hydrogen-bond donors (Lipinski definition) is 3. The van der Waals surface area contributed by atoms with Crippen LogP contribution in [0.3, 0.4) is 0 Å². The van der Waals surface area contributed by atoms with Crippen molar-refractivity contribution in [2.45, 2.75) is 19.6 Å².